The summed E-state index contributed by atoms with van der Waals surface area (Å²) < 4.78 is 4.67. The lowest BCUT2D eigenvalue weighted by Gasteiger charge is -2.20. The van der Waals surface area contributed by atoms with Gasteiger partial charge in [0.05, 0.1) is 19.1 Å². The summed E-state index contributed by atoms with van der Waals surface area (Å²) >= 11 is 0. The van der Waals surface area contributed by atoms with E-state index in [0.717, 1.165) is 0 Å². The van der Waals surface area contributed by atoms with Gasteiger partial charge in [-0.05, 0) is 18.4 Å². The predicted octanol–water partition coefficient (Wildman–Crippen LogP) is 1.28. The van der Waals surface area contributed by atoms with Crippen LogP contribution in [0.5, 0.6) is 0 Å². The normalized spacial score (nSPS) is 14.1. The maximum absolute atomic E-state index is 11.6. The van der Waals surface area contributed by atoms with Crippen molar-refractivity contribution in [1.29, 1.82) is 0 Å². The van der Waals surface area contributed by atoms with Crippen LogP contribution >= 0.6 is 0 Å². The number of benzene rings is 1. The average molecular weight is 238 g/mol. The predicted molar refractivity (Wildman–Crippen MR) is 63.2 cm³/mol. The van der Waals surface area contributed by atoms with E-state index in [2.05, 4.69) is 4.74 Å². The Morgan fingerprint density at radius 3 is 2.53 bits per heavy atom. The number of hydrogen-bond donors (Lipinski definition) is 2. The van der Waals surface area contributed by atoms with Crippen LogP contribution in [-0.4, -0.2) is 29.9 Å². The van der Waals surface area contributed by atoms with E-state index >= 15 is 0 Å². The largest absolute Gasteiger partial charge is 0.469 e. The van der Waals surface area contributed by atoms with Gasteiger partial charge in [0.15, 0.2) is 0 Å². The van der Waals surface area contributed by atoms with Gasteiger partial charge >= 0.3 is 5.97 Å². The van der Waals surface area contributed by atoms with Gasteiger partial charge in [0.1, 0.15) is 0 Å². The molecule has 0 amide bonds. The minimum atomic E-state index is -0.893. The molecule has 0 aliphatic heterocycles. The number of rotatable bonds is 6. The lowest BCUT2D eigenvalue weighted by molar-refractivity contribution is -0.150. The third-order valence-electron chi connectivity index (χ3n) is 2.70. The number of hydrogen-bond acceptors (Lipinski definition) is 4. The zero-order valence-electron chi connectivity index (χ0n) is 9.87. The fourth-order valence-corrected chi connectivity index (χ4v) is 1.75. The van der Waals surface area contributed by atoms with E-state index < -0.39 is 18.0 Å². The first-order valence-corrected chi connectivity index (χ1v) is 5.62. The Bertz CT molecular complexity index is 337. The number of aliphatic hydroxyl groups excluding tert-OH is 2. The van der Waals surface area contributed by atoms with Crippen LogP contribution in [0, 0.1) is 5.92 Å². The molecular formula is C13H18O4. The van der Waals surface area contributed by atoms with Crippen LogP contribution in [-0.2, 0) is 9.53 Å². The Balaban J connectivity index is 2.78. The topological polar surface area (TPSA) is 66.8 Å². The molecule has 1 rings (SSSR count). The van der Waals surface area contributed by atoms with Crippen LogP contribution in [0.3, 0.4) is 0 Å². The SMILES string of the molecule is COC(=O)[C@@H](CCCO)[C@H](O)c1ccccc1. The molecule has 0 aliphatic rings. The van der Waals surface area contributed by atoms with Crippen LogP contribution in [0.25, 0.3) is 0 Å². The lowest BCUT2D eigenvalue weighted by atomic mass is 9.92. The van der Waals surface area contributed by atoms with E-state index in [1.165, 1.54) is 7.11 Å². The van der Waals surface area contributed by atoms with Crippen LogP contribution in [0.1, 0.15) is 24.5 Å². The van der Waals surface area contributed by atoms with Crippen molar-refractivity contribution in [3.05, 3.63) is 35.9 Å². The van der Waals surface area contributed by atoms with Gasteiger partial charge in [-0.2, -0.15) is 0 Å². The fourth-order valence-electron chi connectivity index (χ4n) is 1.75. The highest BCUT2D eigenvalue weighted by Crippen LogP contribution is 2.26. The summed E-state index contributed by atoms with van der Waals surface area (Å²) in [4.78, 5) is 11.6. The van der Waals surface area contributed by atoms with Crippen LogP contribution in [0.15, 0.2) is 30.3 Å². The van der Waals surface area contributed by atoms with Crippen LogP contribution in [0.2, 0.25) is 0 Å². The molecule has 0 radical (unpaired) electrons. The van der Waals surface area contributed by atoms with E-state index in [-0.39, 0.29) is 6.61 Å². The number of methoxy groups -OCH3 is 1. The van der Waals surface area contributed by atoms with E-state index in [1.807, 2.05) is 6.07 Å². The van der Waals surface area contributed by atoms with Gasteiger partial charge < -0.3 is 14.9 Å². The summed E-state index contributed by atoms with van der Waals surface area (Å²) in [6.07, 6.45) is -0.0294. The summed E-state index contributed by atoms with van der Waals surface area (Å²) in [7, 11) is 1.30. The Kier molecular flexibility index (Phi) is 5.66. The molecule has 17 heavy (non-hydrogen) atoms. The van der Waals surface area contributed by atoms with Crippen molar-refractivity contribution in [2.75, 3.05) is 13.7 Å². The van der Waals surface area contributed by atoms with Crippen molar-refractivity contribution in [3.8, 4) is 0 Å². The summed E-state index contributed by atoms with van der Waals surface area (Å²) in [6.45, 7) is -0.00496. The van der Waals surface area contributed by atoms with Crippen molar-refractivity contribution >= 4 is 5.97 Å². The molecule has 0 aromatic heterocycles. The highest BCUT2D eigenvalue weighted by atomic mass is 16.5. The maximum atomic E-state index is 11.6. The zero-order chi connectivity index (χ0) is 12.7. The first kappa shape index (κ1) is 13.7. The molecule has 0 bridgehead atoms. The molecule has 1 aromatic carbocycles. The van der Waals surface area contributed by atoms with Crippen LogP contribution in [0.4, 0.5) is 0 Å². The van der Waals surface area contributed by atoms with E-state index in [0.29, 0.717) is 18.4 Å². The Labute approximate surface area is 101 Å². The monoisotopic (exact) mass is 238 g/mol. The molecule has 2 atom stereocenters. The fraction of sp³-hybridized carbons (Fsp3) is 0.462. The number of aliphatic hydroxyl groups is 2. The number of ether oxygens (including phenoxy) is 1. The number of carbonyl (C=O) groups is 1. The van der Waals surface area contributed by atoms with Gasteiger partial charge in [-0.1, -0.05) is 30.3 Å². The maximum Gasteiger partial charge on any atom is 0.311 e. The number of carbonyl (C=O) groups excluding carboxylic acids is 1. The van der Waals surface area contributed by atoms with Crippen molar-refractivity contribution in [1.82, 2.24) is 0 Å². The Morgan fingerprint density at radius 2 is 2.00 bits per heavy atom. The molecule has 4 heteroatoms. The number of esters is 1. The lowest BCUT2D eigenvalue weighted by Crippen LogP contribution is -2.24. The molecule has 2 N–H and O–H groups in total. The third kappa shape index (κ3) is 3.84. The second-order valence-electron chi connectivity index (χ2n) is 3.85. The highest BCUT2D eigenvalue weighted by Gasteiger charge is 2.28. The van der Waals surface area contributed by atoms with Crippen molar-refractivity contribution in [3.63, 3.8) is 0 Å². The molecule has 4 nitrogen and oxygen atoms in total. The Hall–Kier alpha value is -1.39. The quantitative estimate of drug-likeness (QED) is 0.733. The molecule has 0 saturated carbocycles. The van der Waals surface area contributed by atoms with Gasteiger partial charge in [0, 0.05) is 6.61 Å². The molecule has 1 aromatic rings. The van der Waals surface area contributed by atoms with Crippen LogP contribution < -0.4 is 0 Å². The summed E-state index contributed by atoms with van der Waals surface area (Å²) in [5.41, 5.74) is 0.681. The van der Waals surface area contributed by atoms with Crippen molar-refractivity contribution in [2.24, 2.45) is 5.92 Å². The molecule has 0 saturated heterocycles. The van der Waals surface area contributed by atoms with Crippen molar-refractivity contribution in [2.45, 2.75) is 18.9 Å². The molecule has 0 unspecified atom stereocenters. The summed E-state index contributed by atoms with van der Waals surface area (Å²) in [5.74, 6) is -1.08. The second kappa shape index (κ2) is 7.04. The molecule has 0 spiro atoms. The first-order chi connectivity index (χ1) is 8.20. The first-order valence-electron chi connectivity index (χ1n) is 5.62. The molecular weight excluding hydrogens is 220 g/mol. The summed E-state index contributed by atoms with van der Waals surface area (Å²) in [6, 6.07) is 8.98. The standard InChI is InChI=1S/C13H18O4/c1-17-13(16)11(8-5-9-14)12(15)10-6-3-2-4-7-10/h2-4,6-7,11-12,14-15H,5,8-9H2,1H3/t11-,12+/m0/s1. The van der Waals surface area contributed by atoms with E-state index in [1.54, 1.807) is 24.3 Å². The summed E-state index contributed by atoms with van der Waals surface area (Å²) in [5, 5.41) is 18.9. The van der Waals surface area contributed by atoms with E-state index in [4.69, 9.17) is 5.11 Å². The minimum absolute atomic E-state index is 0.00496. The smallest absolute Gasteiger partial charge is 0.311 e. The molecule has 94 valence electrons. The minimum Gasteiger partial charge on any atom is -0.469 e. The highest BCUT2D eigenvalue weighted by molar-refractivity contribution is 5.73. The molecule has 0 fully saturated rings. The second-order valence-corrected chi connectivity index (χ2v) is 3.85. The Morgan fingerprint density at radius 1 is 1.35 bits per heavy atom. The molecule has 0 aliphatic carbocycles. The zero-order valence-corrected chi connectivity index (χ0v) is 9.87. The van der Waals surface area contributed by atoms with Gasteiger partial charge in [-0.15, -0.1) is 0 Å². The van der Waals surface area contributed by atoms with Gasteiger partial charge in [-0.25, -0.2) is 0 Å². The molecule has 0 heterocycles. The van der Waals surface area contributed by atoms with Gasteiger partial charge in [0.2, 0.25) is 0 Å². The van der Waals surface area contributed by atoms with Crippen molar-refractivity contribution < 1.29 is 19.7 Å². The van der Waals surface area contributed by atoms with E-state index in [9.17, 15) is 9.90 Å². The average Bonchev–Trinajstić information content (AvgIpc) is 2.39. The van der Waals surface area contributed by atoms with Gasteiger partial charge in [-0.3, -0.25) is 4.79 Å². The third-order valence-corrected chi connectivity index (χ3v) is 2.70. The van der Waals surface area contributed by atoms with Gasteiger partial charge in [0.25, 0.3) is 0 Å².